The Morgan fingerprint density at radius 1 is 1.25 bits per heavy atom. The van der Waals surface area contributed by atoms with Crippen molar-refractivity contribution in [3.8, 4) is 11.5 Å². The van der Waals surface area contributed by atoms with Crippen molar-refractivity contribution in [1.82, 2.24) is 5.32 Å². The van der Waals surface area contributed by atoms with Gasteiger partial charge in [0.05, 0.1) is 7.11 Å². The number of methoxy groups -OCH3 is 1. The predicted molar refractivity (Wildman–Crippen MR) is 81.5 cm³/mol. The summed E-state index contributed by atoms with van der Waals surface area (Å²) in [4.78, 5) is 2.98. The van der Waals surface area contributed by atoms with Gasteiger partial charge in [-0.2, -0.15) is 0 Å². The molecule has 106 valence electrons. The third-order valence-corrected chi connectivity index (χ3v) is 4.91. The van der Waals surface area contributed by atoms with E-state index in [9.17, 15) is 5.11 Å². The molecule has 1 aliphatic rings. The number of nitrogens with one attached hydrogen (secondary N) is 1. The first-order chi connectivity index (χ1) is 9.76. The van der Waals surface area contributed by atoms with Gasteiger partial charge in [0.15, 0.2) is 11.5 Å². The average Bonchev–Trinajstić information content (AvgIpc) is 3.00. The largest absolute Gasteiger partial charge is 0.504 e. The fourth-order valence-electron chi connectivity index (χ4n) is 2.65. The fraction of sp³-hybridized carbons (Fsp3) is 0.375. The Labute approximate surface area is 123 Å². The SMILES string of the molecule is COc1ccc(CNCc2cc3c(s2)CCC3)cc1O. The lowest BCUT2D eigenvalue weighted by Gasteiger charge is -2.07. The van der Waals surface area contributed by atoms with Crippen LogP contribution >= 0.6 is 11.3 Å². The molecule has 0 atom stereocenters. The van der Waals surface area contributed by atoms with Crippen LogP contribution < -0.4 is 10.1 Å². The number of phenols is 1. The summed E-state index contributed by atoms with van der Waals surface area (Å²) in [7, 11) is 1.56. The van der Waals surface area contributed by atoms with Crippen LogP contribution in [-0.2, 0) is 25.9 Å². The van der Waals surface area contributed by atoms with Gasteiger partial charge >= 0.3 is 0 Å². The van der Waals surface area contributed by atoms with Crippen molar-refractivity contribution in [1.29, 1.82) is 0 Å². The maximum Gasteiger partial charge on any atom is 0.160 e. The second-order valence-electron chi connectivity index (χ2n) is 5.12. The van der Waals surface area contributed by atoms with E-state index >= 15 is 0 Å². The molecular formula is C16H19NO2S. The average molecular weight is 289 g/mol. The molecule has 0 aliphatic heterocycles. The van der Waals surface area contributed by atoms with Gasteiger partial charge in [0.2, 0.25) is 0 Å². The fourth-order valence-corrected chi connectivity index (χ4v) is 3.88. The lowest BCUT2D eigenvalue weighted by molar-refractivity contribution is 0.373. The second kappa shape index (κ2) is 5.85. The van der Waals surface area contributed by atoms with E-state index in [1.54, 1.807) is 29.7 Å². The first-order valence-electron chi connectivity index (χ1n) is 6.93. The summed E-state index contributed by atoms with van der Waals surface area (Å²) in [6, 6.07) is 7.86. The first-order valence-corrected chi connectivity index (χ1v) is 7.75. The van der Waals surface area contributed by atoms with E-state index in [0.29, 0.717) is 5.75 Å². The maximum atomic E-state index is 9.74. The van der Waals surface area contributed by atoms with E-state index in [-0.39, 0.29) is 5.75 Å². The highest BCUT2D eigenvalue weighted by atomic mass is 32.1. The summed E-state index contributed by atoms with van der Waals surface area (Å²) in [6.07, 6.45) is 3.82. The Balaban J connectivity index is 1.55. The zero-order valence-corrected chi connectivity index (χ0v) is 12.4. The number of rotatable bonds is 5. The number of benzene rings is 1. The van der Waals surface area contributed by atoms with E-state index in [1.165, 1.54) is 24.1 Å². The summed E-state index contributed by atoms with van der Waals surface area (Å²) < 4.78 is 5.04. The Morgan fingerprint density at radius 3 is 2.90 bits per heavy atom. The highest BCUT2D eigenvalue weighted by Gasteiger charge is 2.14. The molecule has 1 aliphatic carbocycles. The molecule has 2 N–H and O–H groups in total. The molecule has 0 amide bonds. The molecule has 0 radical (unpaired) electrons. The number of hydrogen-bond donors (Lipinski definition) is 2. The molecule has 0 spiro atoms. The zero-order valence-electron chi connectivity index (χ0n) is 11.6. The molecule has 3 rings (SSSR count). The first kappa shape index (κ1) is 13.5. The standard InChI is InChI=1S/C16H19NO2S/c1-19-15-6-5-11(7-14(15)18)9-17-10-13-8-12-3-2-4-16(12)20-13/h5-8,17-18H,2-4,9-10H2,1H3. The van der Waals surface area contributed by atoms with Crippen LogP contribution in [0, 0.1) is 0 Å². The van der Waals surface area contributed by atoms with Gasteiger partial charge in [-0.1, -0.05) is 6.07 Å². The van der Waals surface area contributed by atoms with E-state index < -0.39 is 0 Å². The molecule has 0 saturated heterocycles. The minimum absolute atomic E-state index is 0.196. The van der Waals surface area contributed by atoms with Crippen LogP contribution in [0.4, 0.5) is 0 Å². The molecule has 0 bridgehead atoms. The van der Waals surface area contributed by atoms with Crippen LogP contribution in [0.15, 0.2) is 24.3 Å². The number of hydrogen-bond acceptors (Lipinski definition) is 4. The van der Waals surface area contributed by atoms with E-state index in [1.807, 2.05) is 17.4 Å². The number of fused-ring (bicyclic) bond motifs is 1. The van der Waals surface area contributed by atoms with Crippen LogP contribution in [-0.4, -0.2) is 12.2 Å². The molecule has 0 saturated carbocycles. The lowest BCUT2D eigenvalue weighted by atomic mass is 10.2. The van der Waals surface area contributed by atoms with Gasteiger partial charge < -0.3 is 15.2 Å². The van der Waals surface area contributed by atoms with Crippen molar-refractivity contribution in [2.45, 2.75) is 32.4 Å². The summed E-state index contributed by atoms with van der Waals surface area (Å²) in [6.45, 7) is 1.64. The van der Waals surface area contributed by atoms with E-state index in [2.05, 4.69) is 11.4 Å². The topological polar surface area (TPSA) is 41.5 Å². The van der Waals surface area contributed by atoms with Gasteiger partial charge in [0.1, 0.15) is 0 Å². The molecule has 4 heteroatoms. The number of ether oxygens (including phenoxy) is 1. The van der Waals surface area contributed by atoms with Crippen LogP contribution in [0.3, 0.4) is 0 Å². The number of aryl methyl sites for hydroxylation is 2. The van der Waals surface area contributed by atoms with Crippen molar-refractivity contribution < 1.29 is 9.84 Å². The van der Waals surface area contributed by atoms with E-state index in [0.717, 1.165) is 18.7 Å². The van der Waals surface area contributed by atoms with E-state index in [4.69, 9.17) is 4.74 Å². The smallest absolute Gasteiger partial charge is 0.160 e. The molecule has 20 heavy (non-hydrogen) atoms. The highest BCUT2D eigenvalue weighted by molar-refractivity contribution is 7.12. The summed E-state index contributed by atoms with van der Waals surface area (Å²) >= 11 is 1.93. The molecule has 1 aromatic heterocycles. The quantitative estimate of drug-likeness (QED) is 0.888. The normalized spacial score (nSPS) is 13.4. The van der Waals surface area contributed by atoms with Gasteiger partial charge in [-0.05, 0) is 48.6 Å². The summed E-state index contributed by atoms with van der Waals surface area (Å²) in [5.41, 5.74) is 2.61. The lowest BCUT2D eigenvalue weighted by Crippen LogP contribution is -2.11. The Bertz CT molecular complexity index is 585. The molecule has 1 heterocycles. The van der Waals surface area contributed by atoms with Crippen LogP contribution in [0.1, 0.15) is 27.3 Å². The van der Waals surface area contributed by atoms with Crippen LogP contribution in [0.25, 0.3) is 0 Å². The summed E-state index contributed by atoms with van der Waals surface area (Å²) in [5, 5.41) is 13.2. The van der Waals surface area contributed by atoms with Crippen molar-refractivity contribution in [2.75, 3.05) is 7.11 Å². The van der Waals surface area contributed by atoms with Crippen LogP contribution in [0.2, 0.25) is 0 Å². The minimum Gasteiger partial charge on any atom is -0.504 e. The van der Waals surface area contributed by atoms with Gasteiger partial charge in [-0.3, -0.25) is 0 Å². The number of thiophene rings is 1. The van der Waals surface area contributed by atoms with Crippen molar-refractivity contribution >= 4 is 11.3 Å². The van der Waals surface area contributed by atoms with Crippen molar-refractivity contribution in [3.05, 3.63) is 45.1 Å². The molecule has 1 aromatic carbocycles. The van der Waals surface area contributed by atoms with Crippen molar-refractivity contribution in [3.63, 3.8) is 0 Å². The maximum absolute atomic E-state index is 9.74. The minimum atomic E-state index is 0.196. The van der Waals surface area contributed by atoms with Crippen LogP contribution in [0.5, 0.6) is 11.5 Å². The Kier molecular flexibility index (Phi) is 3.94. The monoisotopic (exact) mass is 289 g/mol. The molecular weight excluding hydrogens is 270 g/mol. The summed E-state index contributed by atoms with van der Waals surface area (Å²) in [5.74, 6) is 0.713. The third kappa shape index (κ3) is 2.81. The number of phenolic OH excluding ortho intramolecular Hbond substituents is 1. The van der Waals surface area contributed by atoms with Gasteiger partial charge in [-0.25, -0.2) is 0 Å². The van der Waals surface area contributed by atoms with Gasteiger partial charge in [-0.15, -0.1) is 11.3 Å². The Hall–Kier alpha value is -1.52. The van der Waals surface area contributed by atoms with Gasteiger partial charge in [0.25, 0.3) is 0 Å². The highest BCUT2D eigenvalue weighted by Crippen LogP contribution is 2.30. The third-order valence-electron chi connectivity index (χ3n) is 3.67. The zero-order chi connectivity index (χ0) is 13.9. The molecule has 3 nitrogen and oxygen atoms in total. The molecule has 0 fully saturated rings. The molecule has 0 unspecified atom stereocenters. The molecule has 2 aromatic rings. The van der Waals surface area contributed by atoms with Crippen molar-refractivity contribution in [2.24, 2.45) is 0 Å². The Morgan fingerprint density at radius 2 is 2.15 bits per heavy atom. The van der Waals surface area contributed by atoms with Gasteiger partial charge in [0, 0.05) is 22.8 Å². The predicted octanol–water partition coefficient (Wildman–Crippen LogP) is 3.24. The number of aromatic hydroxyl groups is 1. The second-order valence-corrected chi connectivity index (χ2v) is 6.35.